The van der Waals surface area contributed by atoms with Crippen LogP contribution >= 0.6 is 0 Å². The molecule has 0 radical (unpaired) electrons. The van der Waals surface area contributed by atoms with Crippen molar-refractivity contribution in [1.29, 1.82) is 0 Å². The van der Waals surface area contributed by atoms with Gasteiger partial charge in [-0.3, -0.25) is 0 Å². The van der Waals surface area contributed by atoms with Gasteiger partial charge in [-0.05, 0) is 44.7 Å². The largest absolute Gasteiger partial charge is 0.388 e. The first-order valence-electron chi connectivity index (χ1n) is 6.35. The van der Waals surface area contributed by atoms with Gasteiger partial charge in [0.05, 0.1) is 12.1 Å². The van der Waals surface area contributed by atoms with Crippen molar-refractivity contribution in [2.24, 2.45) is 5.92 Å². The van der Waals surface area contributed by atoms with Crippen molar-refractivity contribution >= 4 is 0 Å². The molecule has 2 unspecified atom stereocenters. The van der Waals surface area contributed by atoms with Crippen LogP contribution in [0.1, 0.15) is 44.0 Å². The highest BCUT2D eigenvalue weighted by molar-refractivity contribution is 5.14. The lowest BCUT2D eigenvalue weighted by molar-refractivity contribution is -0.0278. The van der Waals surface area contributed by atoms with Gasteiger partial charge < -0.3 is 9.67 Å². The Kier molecular flexibility index (Phi) is 3.11. The monoisotopic (exact) mass is 221 g/mol. The molecule has 0 bridgehead atoms. The molecule has 1 aromatic heterocycles. The zero-order valence-corrected chi connectivity index (χ0v) is 10.7. The molecule has 1 aliphatic carbocycles. The molecule has 2 rings (SSSR count). The van der Waals surface area contributed by atoms with Gasteiger partial charge in [0, 0.05) is 11.4 Å². The van der Waals surface area contributed by atoms with Gasteiger partial charge in [-0.2, -0.15) is 0 Å². The topological polar surface area (TPSA) is 25.2 Å². The second-order valence-electron chi connectivity index (χ2n) is 5.63. The Morgan fingerprint density at radius 2 is 2.00 bits per heavy atom. The van der Waals surface area contributed by atoms with E-state index < -0.39 is 5.60 Å². The minimum absolute atomic E-state index is 0.480. The molecule has 1 N–H and O–H groups in total. The van der Waals surface area contributed by atoms with Gasteiger partial charge >= 0.3 is 0 Å². The smallest absolute Gasteiger partial charge is 0.0828 e. The Labute approximate surface area is 98.3 Å². The summed E-state index contributed by atoms with van der Waals surface area (Å²) in [6, 6.07) is 4.26. The highest BCUT2D eigenvalue weighted by Crippen LogP contribution is 2.34. The fourth-order valence-electron chi connectivity index (χ4n) is 3.02. The van der Waals surface area contributed by atoms with Crippen molar-refractivity contribution in [3.05, 3.63) is 23.5 Å². The molecule has 1 fully saturated rings. The zero-order chi connectivity index (χ0) is 11.8. The van der Waals surface area contributed by atoms with Crippen molar-refractivity contribution in [3.8, 4) is 0 Å². The van der Waals surface area contributed by atoms with Crippen LogP contribution in [-0.4, -0.2) is 15.3 Å². The lowest BCUT2D eigenvalue weighted by atomic mass is 9.79. The van der Waals surface area contributed by atoms with Gasteiger partial charge in [0.2, 0.25) is 0 Å². The van der Waals surface area contributed by atoms with E-state index in [1.54, 1.807) is 0 Å². The maximum atomic E-state index is 10.6. The van der Waals surface area contributed by atoms with Crippen LogP contribution in [0.2, 0.25) is 0 Å². The molecule has 2 heteroatoms. The van der Waals surface area contributed by atoms with Crippen molar-refractivity contribution in [2.45, 2.75) is 58.6 Å². The molecule has 1 aromatic rings. The van der Waals surface area contributed by atoms with E-state index >= 15 is 0 Å². The number of aryl methyl sites for hydroxylation is 2. The standard InChI is InChI=1S/C14H23NO/c1-11-5-4-8-14(16,9-11)10-15-12(2)6-7-13(15)3/h6-7,11,16H,4-5,8-10H2,1-3H3. The third-order valence-corrected chi connectivity index (χ3v) is 3.94. The van der Waals surface area contributed by atoms with E-state index in [2.05, 4.69) is 37.5 Å². The summed E-state index contributed by atoms with van der Waals surface area (Å²) in [7, 11) is 0. The van der Waals surface area contributed by atoms with E-state index in [0.717, 1.165) is 25.8 Å². The summed E-state index contributed by atoms with van der Waals surface area (Å²) >= 11 is 0. The number of aromatic nitrogens is 1. The summed E-state index contributed by atoms with van der Waals surface area (Å²) in [5.41, 5.74) is 2.03. The Hall–Kier alpha value is -0.760. The number of hydrogen-bond acceptors (Lipinski definition) is 1. The van der Waals surface area contributed by atoms with Crippen LogP contribution in [0.5, 0.6) is 0 Å². The van der Waals surface area contributed by atoms with Crippen LogP contribution in [0, 0.1) is 19.8 Å². The van der Waals surface area contributed by atoms with Gasteiger partial charge in [0.15, 0.2) is 0 Å². The molecule has 2 nitrogen and oxygen atoms in total. The lowest BCUT2D eigenvalue weighted by Crippen LogP contribution is -2.39. The molecular formula is C14H23NO. The highest BCUT2D eigenvalue weighted by atomic mass is 16.3. The third-order valence-electron chi connectivity index (χ3n) is 3.94. The molecule has 0 aliphatic heterocycles. The normalized spacial score (nSPS) is 30.6. The molecule has 1 heterocycles. The predicted octanol–water partition coefficient (Wildman–Crippen LogP) is 3.05. The lowest BCUT2D eigenvalue weighted by Gasteiger charge is -2.36. The van der Waals surface area contributed by atoms with Crippen LogP contribution in [0.25, 0.3) is 0 Å². The number of aliphatic hydroxyl groups is 1. The maximum Gasteiger partial charge on any atom is 0.0828 e. The second-order valence-corrected chi connectivity index (χ2v) is 5.63. The molecule has 1 aliphatic rings. The molecular weight excluding hydrogens is 198 g/mol. The van der Waals surface area contributed by atoms with E-state index in [-0.39, 0.29) is 0 Å². The summed E-state index contributed by atoms with van der Waals surface area (Å²) in [6.45, 7) is 7.24. The predicted molar refractivity (Wildman–Crippen MR) is 66.5 cm³/mol. The zero-order valence-electron chi connectivity index (χ0n) is 10.7. The van der Waals surface area contributed by atoms with Crippen LogP contribution in [0.3, 0.4) is 0 Å². The summed E-state index contributed by atoms with van der Waals surface area (Å²) in [5, 5.41) is 10.6. The first-order chi connectivity index (χ1) is 7.50. The Bertz CT molecular complexity index is 349. The molecule has 0 amide bonds. The fourth-order valence-corrected chi connectivity index (χ4v) is 3.02. The Morgan fingerprint density at radius 3 is 2.56 bits per heavy atom. The summed E-state index contributed by atoms with van der Waals surface area (Å²) in [4.78, 5) is 0. The minimum atomic E-state index is -0.480. The second kappa shape index (κ2) is 4.25. The number of rotatable bonds is 2. The van der Waals surface area contributed by atoms with Crippen LogP contribution in [0.4, 0.5) is 0 Å². The van der Waals surface area contributed by atoms with Gasteiger partial charge in [-0.15, -0.1) is 0 Å². The van der Waals surface area contributed by atoms with Crippen molar-refractivity contribution in [3.63, 3.8) is 0 Å². The number of hydrogen-bond donors (Lipinski definition) is 1. The van der Waals surface area contributed by atoms with Crippen LogP contribution < -0.4 is 0 Å². The van der Waals surface area contributed by atoms with E-state index in [0.29, 0.717) is 5.92 Å². The molecule has 0 aromatic carbocycles. The van der Waals surface area contributed by atoms with E-state index in [1.165, 1.54) is 17.8 Å². The molecule has 0 spiro atoms. The van der Waals surface area contributed by atoms with Gasteiger partial charge in [-0.1, -0.05) is 19.8 Å². The Morgan fingerprint density at radius 1 is 1.38 bits per heavy atom. The highest BCUT2D eigenvalue weighted by Gasteiger charge is 2.33. The quantitative estimate of drug-likeness (QED) is 0.816. The first kappa shape index (κ1) is 11.7. The minimum Gasteiger partial charge on any atom is -0.388 e. The molecule has 2 atom stereocenters. The molecule has 90 valence electrons. The van der Waals surface area contributed by atoms with E-state index in [1.807, 2.05) is 0 Å². The maximum absolute atomic E-state index is 10.6. The third kappa shape index (κ3) is 2.32. The average Bonchev–Trinajstić information content (AvgIpc) is 2.49. The average molecular weight is 221 g/mol. The van der Waals surface area contributed by atoms with E-state index in [4.69, 9.17) is 0 Å². The van der Waals surface area contributed by atoms with E-state index in [9.17, 15) is 5.11 Å². The van der Waals surface area contributed by atoms with Crippen molar-refractivity contribution in [2.75, 3.05) is 0 Å². The van der Waals surface area contributed by atoms with Gasteiger partial charge in [0.25, 0.3) is 0 Å². The van der Waals surface area contributed by atoms with Crippen molar-refractivity contribution in [1.82, 2.24) is 4.57 Å². The SMILES string of the molecule is Cc1ccc(C)n1CC1(O)CCCC(C)C1. The molecule has 16 heavy (non-hydrogen) atoms. The Balaban J connectivity index is 2.14. The number of nitrogens with zero attached hydrogens (tertiary/aromatic N) is 1. The van der Waals surface area contributed by atoms with Crippen LogP contribution in [-0.2, 0) is 6.54 Å². The first-order valence-corrected chi connectivity index (χ1v) is 6.35. The van der Waals surface area contributed by atoms with Gasteiger partial charge in [0.1, 0.15) is 0 Å². The molecule has 1 saturated carbocycles. The van der Waals surface area contributed by atoms with Crippen molar-refractivity contribution < 1.29 is 5.11 Å². The summed E-state index contributed by atoms with van der Waals surface area (Å²) in [5.74, 6) is 0.662. The van der Waals surface area contributed by atoms with Crippen LogP contribution in [0.15, 0.2) is 12.1 Å². The van der Waals surface area contributed by atoms with Gasteiger partial charge in [-0.25, -0.2) is 0 Å². The molecule has 0 saturated heterocycles. The summed E-state index contributed by atoms with van der Waals surface area (Å²) < 4.78 is 2.25. The summed E-state index contributed by atoms with van der Waals surface area (Å²) in [6.07, 6.45) is 4.33. The fraction of sp³-hybridized carbons (Fsp3) is 0.714.